The van der Waals surface area contributed by atoms with Gasteiger partial charge in [-0.25, -0.2) is 8.78 Å². The quantitative estimate of drug-likeness (QED) is 0.572. The fraction of sp³-hybridized carbons (Fsp3) is 0.0952. The molecule has 0 saturated heterocycles. The Morgan fingerprint density at radius 3 is 2.90 bits per heavy atom. The predicted octanol–water partition coefficient (Wildman–Crippen LogP) is 4.05. The van der Waals surface area contributed by atoms with E-state index in [-0.39, 0.29) is 10.9 Å². The van der Waals surface area contributed by atoms with Gasteiger partial charge in [-0.05, 0) is 23.8 Å². The third-order valence-electron chi connectivity index (χ3n) is 4.99. The van der Waals surface area contributed by atoms with Gasteiger partial charge in [-0.2, -0.15) is 5.10 Å². The molecule has 2 aromatic heterocycles. The monoisotopic (exact) mass is 392 g/mol. The second-order valence-corrected chi connectivity index (χ2v) is 6.75. The van der Waals surface area contributed by atoms with Crippen LogP contribution in [0.15, 0.2) is 58.5 Å². The Morgan fingerprint density at radius 1 is 1.24 bits per heavy atom. The molecule has 0 radical (unpaired) electrons. The van der Waals surface area contributed by atoms with E-state index < -0.39 is 23.1 Å². The maximum atomic E-state index is 14.8. The Hall–Kier alpha value is -3.81. The van der Waals surface area contributed by atoms with Gasteiger partial charge in [0.05, 0.1) is 41.9 Å². The molecule has 0 fully saturated rings. The van der Waals surface area contributed by atoms with E-state index in [9.17, 15) is 13.6 Å². The van der Waals surface area contributed by atoms with Crippen LogP contribution in [0.4, 0.5) is 14.5 Å². The van der Waals surface area contributed by atoms with Gasteiger partial charge in [-0.3, -0.25) is 14.5 Å². The Bertz CT molecular complexity index is 1310. The molecule has 6 nitrogen and oxygen atoms in total. The van der Waals surface area contributed by atoms with Crippen LogP contribution in [-0.2, 0) is 13.6 Å². The number of benzene rings is 2. The molecular formula is C21H14F2N4O2. The highest BCUT2D eigenvalue weighted by atomic mass is 19.1. The first-order chi connectivity index (χ1) is 14.0. The summed E-state index contributed by atoms with van der Waals surface area (Å²) in [4.78, 5) is 17.2. The molecule has 1 N–H and O–H groups in total. The molecule has 0 spiro atoms. The van der Waals surface area contributed by atoms with Gasteiger partial charge in [0.25, 0.3) is 5.91 Å². The molecule has 2 aromatic carbocycles. The van der Waals surface area contributed by atoms with Gasteiger partial charge in [-0.15, -0.1) is 0 Å². The summed E-state index contributed by atoms with van der Waals surface area (Å²) in [7, 11) is 1.57. The average Bonchev–Trinajstić information content (AvgIpc) is 3.42. The Balaban J connectivity index is 1.49. The molecule has 1 aliphatic heterocycles. The van der Waals surface area contributed by atoms with Crippen molar-refractivity contribution < 1.29 is 18.0 Å². The van der Waals surface area contributed by atoms with Gasteiger partial charge >= 0.3 is 0 Å². The molecule has 5 rings (SSSR count). The Kier molecular flexibility index (Phi) is 3.80. The molecule has 0 bridgehead atoms. The first-order valence-corrected chi connectivity index (χ1v) is 8.84. The van der Waals surface area contributed by atoms with E-state index in [4.69, 9.17) is 4.42 Å². The number of nitrogens with one attached hydrogen (secondary N) is 1. The van der Waals surface area contributed by atoms with Crippen molar-refractivity contribution in [3.63, 3.8) is 0 Å². The topological polar surface area (TPSA) is 72.4 Å². The van der Waals surface area contributed by atoms with Crippen LogP contribution in [0, 0.1) is 11.6 Å². The number of amides is 1. The zero-order valence-electron chi connectivity index (χ0n) is 15.2. The number of aliphatic imine (C=N–C) groups is 1. The molecule has 1 aliphatic rings. The normalized spacial score (nSPS) is 12.9. The van der Waals surface area contributed by atoms with Gasteiger partial charge in [0.15, 0.2) is 0 Å². The first-order valence-electron chi connectivity index (χ1n) is 8.84. The molecule has 1 amide bonds. The van der Waals surface area contributed by atoms with E-state index in [2.05, 4.69) is 15.4 Å². The number of rotatable bonds is 3. The molecular weight excluding hydrogens is 378 g/mol. The predicted molar refractivity (Wildman–Crippen MR) is 103 cm³/mol. The summed E-state index contributed by atoms with van der Waals surface area (Å²) in [6, 6.07) is 8.16. The number of aryl methyl sites for hydroxylation is 1. The Labute approximate surface area is 163 Å². The Morgan fingerprint density at radius 2 is 2.10 bits per heavy atom. The fourth-order valence-corrected chi connectivity index (χ4v) is 3.53. The van der Waals surface area contributed by atoms with Gasteiger partial charge in [0.1, 0.15) is 17.2 Å². The molecule has 4 aromatic rings. The zero-order valence-corrected chi connectivity index (χ0v) is 15.2. The van der Waals surface area contributed by atoms with Crippen molar-refractivity contribution in [2.24, 2.45) is 12.0 Å². The van der Waals surface area contributed by atoms with Crippen LogP contribution in [-0.4, -0.2) is 21.4 Å². The van der Waals surface area contributed by atoms with Crippen LogP contribution in [0.3, 0.4) is 0 Å². The summed E-state index contributed by atoms with van der Waals surface area (Å²) in [5.41, 5.74) is 3.45. The van der Waals surface area contributed by atoms with Crippen LogP contribution in [0.2, 0.25) is 0 Å². The van der Waals surface area contributed by atoms with Crippen LogP contribution >= 0.6 is 0 Å². The molecule has 0 saturated carbocycles. The number of hydrogen-bond acceptors (Lipinski definition) is 4. The lowest BCUT2D eigenvalue weighted by Gasteiger charge is -2.10. The maximum Gasteiger partial charge on any atom is 0.261 e. The van der Waals surface area contributed by atoms with Crippen molar-refractivity contribution in [2.45, 2.75) is 6.54 Å². The molecule has 0 atom stereocenters. The minimum absolute atomic E-state index is 0.0855. The van der Waals surface area contributed by atoms with E-state index in [1.165, 1.54) is 10.9 Å². The lowest BCUT2D eigenvalue weighted by molar-refractivity contribution is 0.101. The number of carbonyl (C=O) groups excluding carboxylic acids is 1. The number of fused-ring (bicyclic) bond motifs is 2. The molecule has 0 aliphatic carbocycles. The smallest absolute Gasteiger partial charge is 0.261 e. The standard InChI is InChI=1S/C21H14F2N4O2/c1-27-17-7-16(22)18(19(23)15(17)9-25-27)21(28)26-13-3-2-11-8-24-20(14(11)6-13)12-4-5-29-10-12/h2-7,9-10H,8H2,1H3,(H,26,28). The summed E-state index contributed by atoms with van der Waals surface area (Å²) < 4.78 is 35.7. The van der Waals surface area contributed by atoms with E-state index in [1.54, 1.807) is 37.8 Å². The van der Waals surface area contributed by atoms with Crippen molar-refractivity contribution in [1.29, 1.82) is 0 Å². The largest absolute Gasteiger partial charge is 0.472 e. The summed E-state index contributed by atoms with van der Waals surface area (Å²) in [6.07, 6.45) is 4.42. The minimum Gasteiger partial charge on any atom is -0.472 e. The van der Waals surface area contributed by atoms with Crippen molar-refractivity contribution in [3.05, 3.63) is 82.9 Å². The maximum absolute atomic E-state index is 14.8. The van der Waals surface area contributed by atoms with Crippen molar-refractivity contribution in [2.75, 3.05) is 5.32 Å². The number of halogens is 2. The number of carbonyl (C=O) groups is 1. The molecule has 0 unspecified atom stereocenters. The lowest BCUT2D eigenvalue weighted by atomic mass is 10.0. The van der Waals surface area contributed by atoms with E-state index >= 15 is 0 Å². The second-order valence-electron chi connectivity index (χ2n) is 6.75. The van der Waals surface area contributed by atoms with Crippen LogP contribution < -0.4 is 5.32 Å². The molecule has 8 heteroatoms. The van der Waals surface area contributed by atoms with Gasteiger partial charge in [-0.1, -0.05) is 6.07 Å². The van der Waals surface area contributed by atoms with Crippen molar-refractivity contribution in [1.82, 2.24) is 9.78 Å². The molecule has 29 heavy (non-hydrogen) atoms. The van der Waals surface area contributed by atoms with Crippen LogP contribution in [0.5, 0.6) is 0 Å². The number of hydrogen-bond donors (Lipinski definition) is 1. The highest BCUT2D eigenvalue weighted by Crippen LogP contribution is 2.28. The number of furan rings is 1. The highest BCUT2D eigenvalue weighted by molar-refractivity contribution is 6.16. The average molecular weight is 392 g/mol. The fourth-order valence-electron chi connectivity index (χ4n) is 3.53. The number of nitrogens with zero attached hydrogens (tertiary/aromatic N) is 3. The van der Waals surface area contributed by atoms with Gasteiger partial charge < -0.3 is 9.73 Å². The summed E-state index contributed by atoms with van der Waals surface area (Å²) in [5.74, 6) is -2.75. The lowest BCUT2D eigenvalue weighted by Crippen LogP contribution is -2.16. The van der Waals surface area contributed by atoms with E-state index in [0.29, 0.717) is 12.2 Å². The molecule has 3 heterocycles. The number of anilines is 1. The van der Waals surface area contributed by atoms with Crippen molar-refractivity contribution >= 4 is 28.2 Å². The zero-order chi connectivity index (χ0) is 20.1. The highest BCUT2D eigenvalue weighted by Gasteiger charge is 2.24. The summed E-state index contributed by atoms with van der Waals surface area (Å²) >= 11 is 0. The second kappa shape index (κ2) is 6.37. The van der Waals surface area contributed by atoms with Crippen molar-refractivity contribution in [3.8, 4) is 0 Å². The minimum atomic E-state index is -0.946. The van der Waals surface area contributed by atoms with Gasteiger partial charge in [0, 0.05) is 29.9 Å². The number of aromatic nitrogens is 2. The van der Waals surface area contributed by atoms with E-state index in [1.807, 2.05) is 6.07 Å². The summed E-state index contributed by atoms with van der Waals surface area (Å²) in [5, 5.41) is 6.58. The first kappa shape index (κ1) is 17.3. The van der Waals surface area contributed by atoms with Gasteiger partial charge in [0.2, 0.25) is 0 Å². The van der Waals surface area contributed by atoms with Crippen LogP contribution in [0.25, 0.3) is 10.9 Å². The molecule has 144 valence electrons. The SMILES string of the molecule is Cn1ncc2c(F)c(C(=O)Nc3ccc4c(c3)C(c3ccoc3)=NC4)c(F)cc21. The van der Waals surface area contributed by atoms with E-state index in [0.717, 1.165) is 28.5 Å². The van der Waals surface area contributed by atoms with Crippen LogP contribution in [0.1, 0.15) is 27.0 Å². The third-order valence-corrected chi connectivity index (χ3v) is 4.99. The third kappa shape index (κ3) is 2.72. The summed E-state index contributed by atoms with van der Waals surface area (Å²) in [6.45, 7) is 0.519.